The number of rotatable bonds is 7. The van der Waals surface area contributed by atoms with Crippen LogP contribution in [0.15, 0.2) is 30.3 Å². The third kappa shape index (κ3) is 6.28. The Hall–Kier alpha value is -2.93. The molecule has 1 aliphatic rings. The molecule has 31 heavy (non-hydrogen) atoms. The number of pyridine rings is 1. The average Bonchev–Trinajstić information content (AvgIpc) is 3.14. The Morgan fingerprint density at radius 1 is 1.19 bits per heavy atom. The van der Waals surface area contributed by atoms with E-state index < -0.39 is 6.04 Å². The van der Waals surface area contributed by atoms with Gasteiger partial charge in [-0.3, -0.25) is 9.59 Å². The number of nitrogens with one attached hydrogen (secondary N) is 3. The van der Waals surface area contributed by atoms with E-state index in [1.165, 1.54) is 16.7 Å². The van der Waals surface area contributed by atoms with Crippen molar-refractivity contribution < 1.29 is 9.59 Å². The van der Waals surface area contributed by atoms with E-state index in [1.807, 2.05) is 13.0 Å². The molecule has 2 amide bonds. The third-order valence-electron chi connectivity index (χ3n) is 5.77. The van der Waals surface area contributed by atoms with Gasteiger partial charge in [-0.1, -0.05) is 35.4 Å². The number of aryl methyl sites for hydroxylation is 3. The minimum atomic E-state index is -0.616. The van der Waals surface area contributed by atoms with Crippen LogP contribution < -0.4 is 21.7 Å². The minimum Gasteiger partial charge on any atom is -0.384 e. The van der Waals surface area contributed by atoms with Crippen molar-refractivity contribution in [3.63, 3.8) is 0 Å². The number of amides is 2. The average molecular weight is 424 g/mol. The maximum atomic E-state index is 12.7. The molecule has 0 bridgehead atoms. The summed E-state index contributed by atoms with van der Waals surface area (Å²) in [5, 5.41) is 8.99. The van der Waals surface area contributed by atoms with Crippen LogP contribution in [0.3, 0.4) is 0 Å². The van der Waals surface area contributed by atoms with E-state index in [1.54, 1.807) is 13.0 Å². The van der Waals surface area contributed by atoms with Crippen LogP contribution in [0.25, 0.3) is 0 Å². The van der Waals surface area contributed by atoms with Crippen LogP contribution in [-0.2, 0) is 22.6 Å². The van der Waals surface area contributed by atoms with Gasteiger partial charge < -0.3 is 21.7 Å². The summed E-state index contributed by atoms with van der Waals surface area (Å²) in [4.78, 5) is 29.3. The number of nitrogen functional groups attached to an aromatic ring is 1. The van der Waals surface area contributed by atoms with E-state index in [-0.39, 0.29) is 17.9 Å². The summed E-state index contributed by atoms with van der Waals surface area (Å²) in [5.41, 5.74) is 11.2. The highest BCUT2D eigenvalue weighted by molar-refractivity contribution is 5.89. The van der Waals surface area contributed by atoms with Crippen LogP contribution in [-0.4, -0.2) is 35.4 Å². The third-order valence-corrected chi connectivity index (χ3v) is 5.77. The number of hydrogen-bond acceptors (Lipinski definition) is 5. The van der Waals surface area contributed by atoms with E-state index in [4.69, 9.17) is 5.73 Å². The first-order valence-corrected chi connectivity index (χ1v) is 10.8. The molecular formula is C24H33N5O2. The topological polar surface area (TPSA) is 109 Å². The van der Waals surface area contributed by atoms with Gasteiger partial charge in [-0.05, 0) is 70.2 Å². The number of nitrogens with zero attached hydrogens (tertiary/aromatic N) is 1. The molecule has 7 heteroatoms. The molecule has 2 heterocycles. The first-order valence-electron chi connectivity index (χ1n) is 10.8. The van der Waals surface area contributed by atoms with Crippen LogP contribution in [0.2, 0.25) is 0 Å². The van der Waals surface area contributed by atoms with Crippen molar-refractivity contribution in [1.82, 2.24) is 20.9 Å². The summed E-state index contributed by atoms with van der Waals surface area (Å²) in [6.07, 6.45) is 1.72. The summed E-state index contributed by atoms with van der Waals surface area (Å²) >= 11 is 0. The molecular weight excluding hydrogens is 390 g/mol. The lowest BCUT2D eigenvalue weighted by atomic mass is 9.94. The minimum absolute atomic E-state index is 0.129. The molecule has 1 aliphatic heterocycles. The van der Waals surface area contributed by atoms with E-state index in [9.17, 15) is 9.59 Å². The Labute approximate surface area is 184 Å². The fourth-order valence-corrected chi connectivity index (χ4v) is 4.20. The predicted molar refractivity (Wildman–Crippen MR) is 122 cm³/mol. The van der Waals surface area contributed by atoms with Gasteiger partial charge in [-0.25, -0.2) is 4.98 Å². The van der Waals surface area contributed by atoms with Crippen molar-refractivity contribution in [3.05, 3.63) is 58.3 Å². The zero-order valence-electron chi connectivity index (χ0n) is 18.8. The van der Waals surface area contributed by atoms with Crippen molar-refractivity contribution in [1.29, 1.82) is 0 Å². The molecule has 3 rings (SSSR count). The largest absolute Gasteiger partial charge is 0.384 e. The number of aromatic nitrogens is 1. The van der Waals surface area contributed by atoms with Gasteiger partial charge in [0, 0.05) is 12.2 Å². The number of carbonyl (C=O) groups is 2. The Balaban J connectivity index is 1.46. The molecule has 2 aromatic rings. The normalized spacial score (nSPS) is 19.1. The zero-order valence-corrected chi connectivity index (χ0v) is 18.8. The predicted octanol–water partition coefficient (Wildman–Crippen LogP) is 1.93. The van der Waals surface area contributed by atoms with Gasteiger partial charge in [-0.15, -0.1) is 0 Å². The lowest BCUT2D eigenvalue weighted by Crippen LogP contribution is -2.50. The maximum absolute atomic E-state index is 12.7. The standard InChI is InChI=1S/C24H33N5O2/c1-14-7-15(2)9-18(8-14)10-19-11-21(26-12-19)24(31)29-17(4)23(30)27-13-20-5-6-22(25)28-16(20)3/h5-9,17,19,21,26H,10-13H2,1-4H3,(H2,25,28)(H,27,30)(H,29,31)/t17-,19-,21+/m0/s1. The van der Waals surface area contributed by atoms with Crippen LogP contribution in [0.5, 0.6) is 0 Å². The van der Waals surface area contributed by atoms with E-state index >= 15 is 0 Å². The van der Waals surface area contributed by atoms with Crippen molar-refractivity contribution in [2.75, 3.05) is 12.3 Å². The molecule has 7 nitrogen and oxygen atoms in total. The van der Waals surface area contributed by atoms with Gasteiger partial charge >= 0.3 is 0 Å². The SMILES string of the molecule is Cc1cc(C)cc(C[C@@H]2CN[C@@H](C(=O)N[C@@H](C)C(=O)NCc3ccc(N)nc3C)C2)c1. The van der Waals surface area contributed by atoms with Gasteiger partial charge in [0.05, 0.1) is 6.04 Å². The lowest BCUT2D eigenvalue weighted by Gasteiger charge is -2.17. The zero-order chi connectivity index (χ0) is 22.5. The van der Waals surface area contributed by atoms with E-state index in [2.05, 4.69) is 53.0 Å². The number of benzene rings is 1. The maximum Gasteiger partial charge on any atom is 0.242 e. The molecule has 0 radical (unpaired) electrons. The molecule has 1 fully saturated rings. The molecule has 1 saturated heterocycles. The van der Waals surface area contributed by atoms with Crippen molar-refractivity contribution in [2.24, 2.45) is 5.92 Å². The highest BCUT2D eigenvalue weighted by Crippen LogP contribution is 2.21. The molecule has 3 atom stereocenters. The summed E-state index contributed by atoms with van der Waals surface area (Å²) in [6, 6.07) is 9.27. The number of nitrogens with two attached hydrogens (primary N) is 1. The van der Waals surface area contributed by atoms with Crippen LogP contribution in [0.1, 0.15) is 41.3 Å². The van der Waals surface area contributed by atoms with Gasteiger partial charge in [-0.2, -0.15) is 0 Å². The fourth-order valence-electron chi connectivity index (χ4n) is 4.20. The highest BCUT2D eigenvalue weighted by Gasteiger charge is 2.31. The van der Waals surface area contributed by atoms with Gasteiger partial charge in [0.25, 0.3) is 0 Å². The second-order valence-corrected chi connectivity index (χ2v) is 8.69. The highest BCUT2D eigenvalue weighted by atomic mass is 16.2. The van der Waals surface area contributed by atoms with Crippen molar-refractivity contribution >= 4 is 17.6 Å². The van der Waals surface area contributed by atoms with Crippen molar-refractivity contribution in [3.8, 4) is 0 Å². The molecule has 0 unspecified atom stereocenters. The monoisotopic (exact) mass is 423 g/mol. The molecule has 1 aromatic carbocycles. The number of carbonyl (C=O) groups excluding carboxylic acids is 2. The Morgan fingerprint density at radius 3 is 2.58 bits per heavy atom. The first kappa shape index (κ1) is 22.7. The first-order chi connectivity index (χ1) is 14.7. The molecule has 0 spiro atoms. The lowest BCUT2D eigenvalue weighted by molar-refractivity contribution is -0.129. The quantitative estimate of drug-likeness (QED) is 0.544. The number of anilines is 1. The fraction of sp³-hybridized carbons (Fsp3) is 0.458. The summed E-state index contributed by atoms with van der Waals surface area (Å²) in [6.45, 7) is 8.91. The molecule has 5 N–H and O–H groups in total. The summed E-state index contributed by atoms with van der Waals surface area (Å²) in [7, 11) is 0. The molecule has 0 saturated carbocycles. The van der Waals surface area contributed by atoms with Crippen LogP contribution >= 0.6 is 0 Å². The molecule has 0 aliphatic carbocycles. The summed E-state index contributed by atoms with van der Waals surface area (Å²) < 4.78 is 0. The second-order valence-electron chi connectivity index (χ2n) is 8.69. The van der Waals surface area contributed by atoms with Crippen LogP contribution in [0, 0.1) is 26.7 Å². The Morgan fingerprint density at radius 2 is 1.90 bits per heavy atom. The van der Waals surface area contributed by atoms with E-state index in [0.29, 0.717) is 18.3 Å². The van der Waals surface area contributed by atoms with E-state index in [0.717, 1.165) is 30.6 Å². The Bertz CT molecular complexity index is 939. The summed E-state index contributed by atoms with van der Waals surface area (Å²) in [5.74, 6) is 0.500. The molecule has 1 aromatic heterocycles. The second kappa shape index (κ2) is 9.92. The molecule has 166 valence electrons. The van der Waals surface area contributed by atoms with Gasteiger partial charge in [0.1, 0.15) is 11.9 Å². The smallest absolute Gasteiger partial charge is 0.242 e. The Kier molecular flexibility index (Phi) is 7.28. The van der Waals surface area contributed by atoms with Crippen molar-refractivity contribution in [2.45, 2.75) is 59.2 Å². The van der Waals surface area contributed by atoms with Gasteiger partial charge in [0.15, 0.2) is 0 Å². The van der Waals surface area contributed by atoms with Crippen LogP contribution in [0.4, 0.5) is 5.82 Å². The van der Waals surface area contributed by atoms with Gasteiger partial charge in [0.2, 0.25) is 11.8 Å². The number of hydrogen-bond donors (Lipinski definition) is 4.